The number of rotatable bonds is 5. The molecule has 1 aliphatic rings. The predicted molar refractivity (Wildman–Crippen MR) is 79.9 cm³/mol. The van der Waals surface area contributed by atoms with E-state index in [1.165, 1.54) is 19.3 Å². The van der Waals surface area contributed by atoms with Crippen LogP contribution in [0.3, 0.4) is 0 Å². The molecule has 0 N–H and O–H groups in total. The molecule has 0 aromatic carbocycles. The Kier molecular flexibility index (Phi) is 5.08. The molecule has 0 bridgehead atoms. The second-order valence-electron chi connectivity index (χ2n) is 7.68. The fraction of sp³-hybridized carbons (Fsp3) is 0.941. The van der Waals surface area contributed by atoms with Crippen LogP contribution >= 0.6 is 0 Å². The van der Waals surface area contributed by atoms with Gasteiger partial charge in [0.1, 0.15) is 5.60 Å². The van der Waals surface area contributed by atoms with Gasteiger partial charge in [-0.2, -0.15) is 0 Å². The summed E-state index contributed by atoms with van der Waals surface area (Å²) < 4.78 is 5.92. The van der Waals surface area contributed by atoms with Gasteiger partial charge in [0.05, 0.1) is 5.41 Å². The van der Waals surface area contributed by atoms with E-state index in [-0.39, 0.29) is 17.0 Å². The molecule has 2 atom stereocenters. The van der Waals surface area contributed by atoms with E-state index in [4.69, 9.17) is 4.74 Å². The maximum Gasteiger partial charge on any atom is 0.312 e. The van der Waals surface area contributed by atoms with E-state index < -0.39 is 0 Å². The van der Waals surface area contributed by atoms with Crippen LogP contribution in [-0.2, 0) is 9.53 Å². The van der Waals surface area contributed by atoms with Crippen molar-refractivity contribution in [3.63, 3.8) is 0 Å². The van der Waals surface area contributed by atoms with Crippen molar-refractivity contribution in [1.82, 2.24) is 0 Å². The highest BCUT2D eigenvalue weighted by atomic mass is 16.6. The van der Waals surface area contributed by atoms with Crippen LogP contribution < -0.4 is 0 Å². The maximum atomic E-state index is 12.3. The Morgan fingerprint density at radius 1 is 1.21 bits per heavy atom. The first-order chi connectivity index (χ1) is 8.62. The summed E-state index contributed by atoms with van der Waals surface area (Å²) in [6, 6.07) is 0. The number of carbonyl (C=O) groups is 1. The molecule has 0 saturated heterocycles. The average Bonchev–Trinajstić information content (AvgIpc) is 2.78. The Hall–Kier alpha value is -0.530. The standard InChI is InChI=1S/C17H32O2/c1-8-16(4,5)15(18)19-17(6,7)14-11-9-10-13(14)12(2)3/h12-14H,8-11H2,1-7H3. The zero-order chi connectivity index (χ0) is 14.8. The fourth-order valence-electron chi connectivity index (χ4n) is 3.25. The second kappa shape index (κ2) is 5.85. The summed E-state index contributed by atoms with van der Waals surface area (Å²) in [5.41, 5.74) is -0.710. The van der Waals surface area contributed by atoms with E-state index in [9.17, 15) is 4.79 Å². The van der Waals surface area contributed by atoms with E-state index >= 15 is 0 Å². The smallest absolute Gasteiger partial charge is 0.312 e. The SMILES string of the molecule is CCC(C)(C)C(=O)OC(C)(C)C1CCCC1C(C)C. The summed E-state index contributed by atoms with van der Waals surface area (Å²) in [5.74, 6) is 1.82. The molecule has 0 amide bonds. The molecule has 2 nitrogen and oxygen atoms in total. The topological polar surface area (TPSA) is 26.3 Å². The van der Waals surface area contributed by atoms with Gasteiger partial charge in [-0.25, -0.2) is 0 Å². The molecule has 2 heteroatoms. The minimum atomic E-state index is -0.372. The molecule has 1 saturated carbocycles. The molecule has 1 aliphatic carbocycles. The van der Waals surface area contributed by atoms with Gasteiger partial charge in [-0.05, 0) is 58.8 Å². The van der Waals surface area contributed by atoms with Gasteiger partial charge in [0.25, 0.3) is 0 Å². The summed E-state index contributed by atoms with van der Waals surface area (Å²) in [7, 11) is 0. The highest BCUT2D eigenvalue weighted by Crippen LogP contribution is 2.45. The molecular weight excluding hydrogens is 236 g/mol. The first-order valence-electron chi connectivity index (χ1n) is 7.85. The molecule has 0 radical (unpaired) electrons. The predicted octanol–water partition coefficient (Wildman–Crippen LogP) is 4.82. The van der Waals surface area contributed by atoms with Crippen molar-refractivity contribution in [1.29, 1.82) is 0 Å². The quantitative estimate of drug-likeness (QED) is 0.668. The molecule has 19 heavy (non-hydrogen) atoms. The molecule has 0 spiro atoms. The third kappa shape index (κ3) is 3.73. The highest BCUT2D eigenvalue weighted by molar-refractivity contribution is 5.76. The van der Waals surface area contributed by atoms with Gasteiger partial charge in [0.2, 0.25) is 0 Å². The minimum Gasteiger partial charge on any atom is -0.459 e. The summed E-state index contributed by atoms with van der Waals surface area (Å²) in [5, 5.41) is 0. The summed E-state index contributed by atoms with van der Waals surface area (Å²) in [6.07, 6.45) is 4.56. The van der Waals surface area contributed by atoms with Crippen LogP contribution in [-0.4, -0.2) is 11.6 Å². The van der Waals surface area contributed by atoms with E-state index in [1.807, 2.05) is 20.8 Å². The number of hydrogen-bond donors (Lipinski definition) is 0. The molecule has 0 aliphatic heterocycles. The van der Waals surface area contributed by atoms with Gasteiger partial charge in [0, 0.05) is 5.92 Å². The number of ether oxygens (including phenoxy) is 1. The Labute approximate surface area is 119 Å². The van der Waals surface area contributed by atoms with Crippen LogP contribution in [0.4, 0.5) is 0 Å². The van der Waals surface area contributed by atoms with Crippen LogP contribution in [0.1, 0.15) is 74.1 Å². The average molecular weight is 268 g/mol. The van der Waals surface area contributed by atoms with Crippen molar-refractivity contribution in [2.45, 2.75) is 79.8 Å². The van der Waals surface area contributed by atoms with Gasteiger partial charge in [-0.1, -0.05) is 27.2 Å². The highest BCUT2D eigenvalue weighted by Gasteiger charge is 2.44. The molecule has 1 rings (SSSR count). The number of hydrogen-bond acceptors (Lipinski definition) is 2. The van der Waals surface area contributed by atoms with Crippen molar-refractivity contribution in [3.05, 3.63) is 0 Å². The van der Waals surface area contributed by atoms with Crippen LogP contribution in [0.2, 0.25) is 0 Å². The largest absolute Gasteiger partial charge is 0.459 e. The number of esters is 1. The van der Waals surface area contributed by atoms with Crippen molar-refractivity contribution in [2.75, 3.05) is 0 Å². The molecular formula is C17H32O2. The third-order valence-electron chi connectivity index (χ3n) is 5.11. The Bertz CT molecular complexity index is 315. The zero-order valence-electron chi connectivity index (χ0n) is 13.9. The minimum absolute atomic E-state index is 0.0468. The number of carbonyl (C=O) groups excluding carboxylic acids is 1. The van der Waals surface area contributed by atoms with Crippen LogP contribution in [0, 0.1) is 23.2 Å². The molecule has 0 heterocycles. The van der Waals surface area contributed by atoms with Crippen LogP contribution in [0.5, 0.6) is 0 Å². The zero-order valence-corrected chi connectivity index (χ0v) is 13.9. The summed E-state index contributed by atoms with van der Waals surface area (Å²) in [6.45, 7) is 14.8. The first kappa shape index (κ1) is 16.5. The van der Waals surface area contributed by atoms with Crippen molar-refractivity contribution in [2.24, 2.45) is 23.2 Å². The van der Waals surface area contributed by atoms with E-state index in [1.54, 1.807) is 0 Å². The van der Waals surface area contributed by atoms with E-state index in [2.05, 4.69) is 27.7 Å². The maximum absolute atomic E-state index is 12.3. The third-order valence-corrected chi connectivity index (χ3v) is 5.11. The van der Waals surface area contributed by atoms with Gasteiger partial charge in [0.15, 0.2) is 0 Å². The van der Waals surface area contributed by atoms with Gasteiger partial charge in [-0.15, -0.1) is 0 Å². The molecule has 0 aromatic rings. The Morgan fingerprint density at radius 3 is 2.26 bits per heavy atom. The Morgan fingerprint density at radius 2 is 1.79 bits per heavy atom. The first-order valence-corrected chi connectivity index (χ1v) is 7.85. The van der Waals surface area contributed by atoms with Crippen molar-refractivity contribution in [3.8, 4) is 0 Å². The normalized spacial score (nSPS) is 24.8. The lowest BCUT2D eigenvalue weighted by atomic mass is 9.77. The van der Waals surface area contributed by atoms with Gasteiger partial charge < -0.3 is 4.74 Å². The molecule has 0 aromatic heterocycles. The van der Waals surface area contributed by atoms with Crippen LogP contribution in [0.25, 0.3) is 0 Å². The van der Waals surface area contributed by atoms with E-state index in [0.29, 0.717) is 17.8 Å². The monoisotopic (exact) mass is 268 g/mol. The van der Waals surface area contributed by atoms with Crippen molar-refractivity contribution >= 4 is 5.97 Å². The summed E-state index contributed by atoms with van der Waals surface area (Å²) in [4.78, 5) is 12.3. The lowest BCUT2D eigenvalue weighted by Crippen LogP contribution is -2.43. The lowest BCUT2D eigenvalue weighted by molar-refractivity contribution is -0.174. The van der Waals surface area contributed by atoms with Gasteiger partial charge in [-0.3, -0.25) is 4.79 Å². The second-order valence-corrected chi connectivity index (χ2v) is 7.68. The molecule has 2 unspecified atom stereocenters. The molecule has 1 fully saturated rings. The molecule has 112 valence electrons. The van der Waals surface area contributed by atoms with Crippen molar-refractivity contribution < 1.29 is 9.53 Å². The van der Waals surface area contributed by atoms with Gasteiger partial charge >= 0.3 is 5.97 Å². The van der Waals surface area contributed by atoms with E-state index in [0.717, 1.165) is 6.42 Å². The van der Waals surface area contributed by atoms with Crippen LogP contribution in [0.15, 0.2) is 0 Å². The summed E-state index contributed by atoms with van der Waals surface area (Å²) >= 11 is 0. The Balaban J connectivity index is 2.78. The fourth-order valence-corrected chi connectivity index (χ4v) is 3.25. The lowest BCUT2D eigenvalue weighted by Gasteiger charge is -2.39.